The second kappa shape index (κ2) is 8.54. The molecule has 0 spiro atoms. The van der Waals surface area contributed by atoms with Crippen LogP contribution in [0.1, 0.15) is 23.7 Å². The van der Waals surface area contributed by atoms with Crippen LogP contribution in [0.2, 0.25) is 5.02 Å². The number of nitrogens with zero attached hydrogens (tertiary/aromatic N) is 5. The Morgan fingerprint density at radius 2 is 2.00 bits per heavy atom. The molecule has 0 aliphatic carbocycles. The van der Waals surface area contributed by atoms with Gasteiger partial charge in [0.05, 0.1) is 23.6 Å². The fraction of sp³-hybridized carbons (Fsp3) is 0.238. The van der Waals surface area contributed by atoms with Crippen LogP contribution in [-0.4, -0.2) is 50.4 Å². The molecule has 1 N–H and O–H groups in total. The Kier molecular flexibility index (Phi) is 5.67. The molecule has 0 fully saturated rings. The number of halogens is 1. The molecule has 8 nitrogen and oxygen atoms in total. The number of aromatic nitrogens is 4. The van der Waals surface area contributed by atoms with E-state index in [0.717, 1.165) is 11.9 Å². The first-order chi connectivity index (χ1) is 14.6. The van der Waals surface area contributed by atoms with Crippen LogP contribution in [0.5, 0.6) is 0 Å². The zero-order valence-electron chi connectivity index (χ0n) is 16.6. The summed E-state index contributed by atoms with van der Waals surface area (Å²) in [4.78, 5) is 20.8. The second-order valence-corrected chi connectivity index (χ2v) is 7.26. The highest BCUT2D eigenvalue weighted by atomic mass is 35.5. The van der Waals surface area contributed by atoms with Crippen LogP contribution in [-0.2, 0) is 0 Å². The van der Waals surface area contributed by atoms with E-state index >= 15 is 0 Å². The van der Waals surface area contributed by atoms with Crippen molar-refractivity contribution in [3.8, 4) is 5.69 Å². The third-order valence-corrected chi connectivity index (χ3v) is 5.18. The van der Waals surface area contributed by atoms with Gasteiger partial charge in [0, 0.05) is 24.7 Å². The first-order valence-electron chi connectivity index (χ1n) is 9.59. The lowest BCUT2D eigenvalue weighted by Gasteiger charge is -2.28. The number of benzene rings is 2. The summed E-state index contributed by atoms with van der Waals surface area (Å²) in [6.07, 6.45) is 3.86. The van der Waals surface area contributed by atoms with Gasteiger partial charge in [-0.3, -0.25) is 4.79 Å². The number of anilines is 1. The first-order valence-corrected chi connectivity index (χ1v) is 9.97. The maximum atomic E-state index is 13.3. The predicted octanol–water partition coefficient (Wildman–Crippen LogP) is 4.02. The Bertz CT molecular complexity index is 1120. The van der Waals surface area contributed by atoms with Gasteiger partial charge in [0.1, 0.15) is 5.52 Å². The molecule has 0 saturated heterocycles. The maximum Gasteiger partial charge on any atom is 0.295 e. The number of rotatable bonds is 7. The monoisotopic (exact) mass is 424 g/mol. The van der Waals surface area contributed by atoms with Crippen molar-refractivity contribution >= 4 is 34.6 Å². The predicted molar refractivity (Wildman–Crippen MR) is 115 cm³/mol. The maximum absolute atomic E-state index is 13.3. The van der Waals surface area contributed by atoms with E-state index in [-0.39, 0.29) is 11.9 Å². The standard InChI is InChI=1S/C21H21ClN6O2/c1-3-15(13-23-21-26-17-6-4-5-7-19(17)30-21)27(2)20(29)16-12-14(22)8-9-18(16)28-24-10-11-25-28/h4-12,15H,3,13H2,1-2H3,(H,23,26)/t15-/m0/s1. The van der Waals surface area contributed by atoms with E-state index in [4.69, 9.17) is 16.0 Å². The summed E-state index contributed by atoms with van der Waals surface area (Å²) in [6.45, 7) is 2.51. The van der Waals surface area contributed by atoms with Crippen molar-refractivity contribution in [1.29, 1.82) is 0 Å². The van der Waals surface area contributed by atoms with E-state index in [1.165, 1.54) is 4.80 Å². The Morgan fingerprint density at radius 1 is 1.23 bits per heavy atom. The SMILES string of the molecule is CC[C@@H](CNc1nc2ccccc2o1)N(C)C(=O)c1cc(Cl)ccc1-n1nccn1. The first kappa shape index (κ1) is 19.9. The fourth-order valence-electron chi connectivity index (χ4n) is 3.26. The quantitative estimate of drug-likeness (QED) is 0.482. The highest BCUT2D eigenvalue weighted by Gasteiger charge is 2.24. The van der Waals surface area contributed by atoms with E-state index in [0.29, 0.717) is 34.4 Å². The van der Waals surface area contributed by atoms with E-state index in [9.17, 15) is 4.79 Å². The van der Waals surface area contributed by atoms with Crippen LogP contribution in [0.25, 0.3) is 16.8 Å². The average Bonchev–Trinajstić information content (AvgIpc) is 3.43. The Balaban J connectivity index is 1.52. The molecule has 0 unspecified atom stereocenters. The van der Waals surface area contributed by atoms with E-state index < -0.39 is 0 Å². The van der Waals surface area contributed by atoms with Gasteiger partial charge in [-0.25, -0.2) is 0 Å². The summed E-state index contributed by atoms with van der Waals surface area (Å²) in [5, 5.41) is 11.9. The third-order valence-electron chi connectivity index (χ3n) is 4.95. The van der Waals surface area contributed by atoms with Crippen molar-refractivity contribution in [3.05, 3.63) is 65.4 Å². The molecule has 0 aliphatic heterocycles. The summed E-state index contributed by atoms with van der Waals surface area (Å²) in [5.41, 5.74) is 2.50. The van der Waals surface area contributed by atoms with Gasteiger partial charge in [-0.15, -0.1) is 0 Å². The van der Waals surface area contributed by atoms with Gasteiger partial charge in [0.25, 0.3) is 11.9 Å². The van der Waals surface area contributed by atoms with Gasteiger partial charge in [0.2, 0.25) is 0 Å². The molecule has 9 heteroatoms. The van der Waals surface area contributed by atoms with Crippen molar-refractivity contribution in [2.75, 3.05) is 18.9 Å². The zero-order chi connectivity index (χ0) is 21.1. The van der Waals surface area contributed by atoms with Crippen LogP contribution < -0.4 is 5.32 Å². The molecule has 0 aliphatic rings. The molecule has 154 valence electrons. The number of oxazole rings is 1. The minimum Gasteiger partial charge on any atom is -0.424 e. The highest BCUT2D eigenvalue weighted by Crippen LogP contribution is 2.22. The molecule has 2 heterocycles. The van der Waals surface area contributed by atoms with E-state index in [2.05, 4.69) is 20.5 Å². The summed E-state index contributed by atoms with van der Waals surface area (Å²) >= 11 is 6.17. The lowest BCUT2D eigenvalue weighted by Crippen LogP contribution is -2.41. The number of hydrogen-bond acceptors (Lipinski definition) is 6. The molecule has 2 aromatic heterocycles. The van der Waals surface area contributed by atoms with Crippen LogP contribution in [0.3, 0.4) is 0 Å². The Labute approximate surface area is 178 Å². The summed E-state index contributed by atoms with van der Waals surface area (Å²) < 4.78 is 5.71. The lowest BCUT2D eigenvalue weighted by atomic mass is 10.1. The molecule has 4 aromatic rings. The van der Waals surface area contributed by atoms with Gasteiger partial charge >= 0.3 is 0 Å². The molecular weight excluding hydrogens is 404 g/mol. The third kappa shape index (κ3) is 3.99. The largest absolute Gasteiger partial charge is 0.424 e. The van der Waals surface area contributed by atoms with Gasteiger partial charge in [-0.1, -0.05) is 30.7 Å². The van der Waals surface area contributed by atoms with Crippen LogP contribution in [0.15, 0.2) is 59.3 Å². The molecule has 0 bridgehead atoms. The van der Waals surface area contributed by atoms with Crippen LogP contribution in [0, 0.1) is 0 Å². The van der Waals surface area contributed by atoms with Crippen molar-refractivity contribution in [1.82, 2.24) is 24.9 Å². The number of carbonyl (C=O) groups is 1. The lowest BCUT2D eigenvalue weighted by molar-refractivity contribution is 0.0735. The number of carbonyl (C=O) groups excluding carboxylic acids is 1. The van der Waals surface area contributed by atoms with Crippen molar-refractivity contribution in [2.45, 2.75) is 19.4 Å². The normalized spacial score (nSPS) is 12.1. The van der Waals surface area contributed by atoms with Crippen molar-refractivity contribution in [2.24, 2.45) is 0 Å². The van der Waals surface area contributed by atoms with Crippen molar-refractivity contribution < 1.29 is 9.21 Å². The molecule has 1 amide bonds. The summed E-state index contributed by atoms with van der Waals surface area (Å²) in [7, 11) is 1.77. The number of likely N-dealkylation sites (N-methyl/N-ethyl adjacent to an activating group) is 1. The number of hydrogen-bond donors (Lipinski definition) is 1. The minimum atomic E-state index is -0.170. The Morgan fingerprint density at radius 3 is 2.73 bits per heavy atom. The summed E-state index contributed by atoms with van der Waals surface area (Å²) in [5.74, 6) is -0.170. The Hall–Kier alpha value is -3.39. The molecule has 0 radical (unpaired) electrons. The zero-order valence-corrected chi connectivity index (χ0v) is 17.4. The highest BCUT2D eigenvalue weighted by molar-refractivity contribution is 6.31. The average molecular weight is 425 g/mol. The molecule has 4 rings (SSSR count). The van der Waals surface area contributed by atoms with Gasteiger partial charge in [-0.05, 0) is 36.8 Å². The second-order valence-electron chi connectivity index (χ2n) is 6.83. The topological polar surface area (TPSA) is 89.1 Å². The van der Waals surface area contributed by atoms with Crippen LogP contribution in [0.4, 0.5) is 6.01 Å². The molecular formula is C21H21ClN6O2. The van der Waals surface area contributed by atoms with Crippen LogP contribution >= 0.6 is 11.6 Å². The number of para-hydroxylation sites is 2. The fourth-order valence-corrected chi connectivity index (χ4v) is 3.43. The molecule has 1 atom stereocenters. The molecule has 30 heavy (non-hydrogen) atoms. The summed E-state index contributed by atoms with van der Waals surface area (Å²) in [6, 6.07) is 13.0. The molecule has 2 aromatic carbocycles. The molecule has 0 saturated carbocycles. The van der Waals surface area contributed by atoms with E-state index in [1.807, 2.05) is 31.2 Å². The smallest absolute Gasteiger partial charge is 0.295 e. The number of nitrogens with one attached hydrogen (secondary N) is 1. The number of fused-ring (bicyclic) bond motifs is 1. The van der Waals surface area contributed by atoms with Crippen molar-refractivity contribution in [3.63, 3.8) is 0 Å². The van der Waals surface area contributed by atoms with Gasteiger partial charge in [-0.2, -0.15) is 20.0 Å². The van der Waals surface area contributed by atoms with E-state index in [1.54, 1.807) is 42.5 Å². The van der Waals surface area contributed by atoms with Gasteiger partial charge < -0.3 is 14.6 Å². The minimum absolute atomic E-state index is 0.0927. The number of amides is 1. The van der Waals surface area contributed by atoms with Gasteiger partial charge in [0.15, 0.2) is 5.58 Å².